The summed E-state index contributed by atoms with van der Waals surface area (Å²) in [5, 5.41) is 8.41. The fraction of sp³-hybridized carbons (Fsp3) is 0.346. The average molecular weight is 517 g/mol. The molecule has 1 aromatic carbocycles. The number of hydrogen-bond donors (Lipinski definition) is 1. The number of pyridine rings is 1. The van der Waals surface area contributed by atoms with Crippen LogP contribution in [-0.4, -0.2) is 31.0 Å². The second kappa shape index (κ2) is 15.4. The van der Waals surface area contributed by atoms with Crippen molar-refractivity contribution in [2.24, 2.45) is 4.99 Å². The van der Waals surface area contributed by atoms with E-state index in [0.717, 1.165) is 30.0 Å². The first-order valence-corrected chi connectivity index (χ1v) is 11.7. The van der Waals surface area contributed by atoms with E-state index in [1.54, 1.807) is 56.8 Å². The maximum absolute atomic E-state index is 12.4. The molecular formula is C26H30F2N4O3S. The van der Waals surface area contributed by atoms with E-state index in [-0.39, 0.29) is 11.6 Å². The van der Waals surface area contributed by atoms with Gasteiger partial charge in [-0.15, -0.1) is 0 Å². The third-order valence-electron chi connectivity index (χ3n) is 5.41. The van der Waals surface area contributed by atoms with Crippen LogP contribution >= 0.6 is 12.9 Å². The highest BCUT2D eigenvalue weighted by molar-refractivity contribution is 7.75. The van der Waals surface area contributed by atoms with Gasteiger partial charge in [0.2, 0.25) is 5.88 Å². The van der Waals surface area contributed by atoms with Gasteiger partial charge >= 0.3 is 6.61 Å². The van der Waals surface area contributed by atoms with Gasteiger partial charge in [-0.25, -0.2) is 4.99 Å². The number of thiol groups is 1. The van der Waals surface area contributed by atoms with E-state index in [0.29, 0.717) is 11.6 Å². The number of halogens is 2. The van der Waals surface area contributed by atoms with Crippen molar-refractivity contribution in [3.8, 4) is 17.6 Å². The first-order valence-electron chi connectivity index (χ1n) is 11.4. The average Bonchev–Trinajstić information content (AvgIpc) is 2.91. The summed E-state index contributed by atoms with van der Waals surface area (Å²) < 4.78 is 39.1. The molecule has 1 aliphatic rings. The van der Waals surface area contributed by atoms with Crippen molar-refractivity contribution in [2.45, 2.75) is 51.7 Å². The molecule has 1 aliphatic carbocycles. The molecule has 0 radical (unpaired) electrons. The van der Waals surface area contributed by atoms with E-state index in [9.17, 15) is 8.78 Å². The lowest BCUT2D eigenvalue weighted by Gasteiger charge is -2.36. The van der Waals surface area contributed by atoms with E-state index < -0.39 is 6.61 Å². The van der Waals surface area contributed by atoms with Crippen LogP contribution in [0.25, 0.3) is 0 Å². The quantitative estimate of drug-likeness (QED) is 0.127. The molecule has 36 heavy (non-hydrogen) atoms. The van der Waals surface area contributed by atoms with Gasteiger partial charge in [-0.2, -0.15) is 14.0 Å². The molecule has 1 fully saturated rings. The molecule has 1 aromatic heterocycles. The molecule has 0 aliphatic heterocycles. The highest BCUT2D eigenvalue weighted by Gasteiger charge is 2.25. The highest BCUT2D eigenvalue weighted by atomic mass is 32.1. The van der Waals surface area contributed by atoms with Crippen molar-refractivity contribution < 1.29 is 22.4 Å². The van der Waals surface area contributed by atoms with Crippen molar-refractivity contribution in [2.75, 3.05) is 12.0 Å². The van der Waals surface area contributed by atoms with Crippen molar-refractivity contribution >= 4 is 30.5 Å². The fourth-order valence-corrected chi connectivity index (χ4v) is 3.78. The SMILES string of the molecule is C=C(/N=C\C(C#N)=C/C)OS.COc1ccncc1N(c1ccc(OC(F)F)cc1)C1CCCCC1. The van der Waals surface area contributed by atoms with E-state index in [1.807, 2.05) is 12.1 Å². The van der Waals surface area contributed by atoms with Crippen molar-refractivity contribution in [1.82, 2.24) is 4.98 Å². The lowest BCUT2D eigenvalue weighted by Crippen LogP contribution is -2.33. The standard InChI is InChI=1S/C19H22F2N2O2.C7H8N2OS/c1-24-18-11-12-22-13-17(18)23(14-5-3-2-4-6-14)15-7-9-16(10-8-15)25-19(20)21;1-3-7(4-8)5-9-6(2)10-11/h7-14,19H,2-6H2,1H3;3,5,11H,2H2,1H3/b;7-3-,9-5-. The number of nitriles is 1. The van der Waals surface area contributed by atoms with Crippen LogP contribution in [0.15, 0.2) is 71.8 Å². The van der Waals surface area contributed by atoms with Crippen LogP contribution in [0.5, 0.6) is 11.5 Å². The molecule has 192 valence electrons. The van der Waals surface area contributed by atoms with Gasteiger partial charge in [-0.05, 0) is 50.6 Å². The summed E-state index contributed by atoms with van der Waals surface area (Å²) in [5.74, 6) is 1.05. The summed E-state index contributed by atoms with van der Waals surface area (Å²) in [6, 6.07) is 10.8. The van der Waals surface area contributed by atoms with Crippen molar-refractivity contribution in [3.63, 3.8) is 0 Å². The predicted molar refractivity (Wildman–Crippen MR) is 140 cm³/mol. The van der Waals surface area contributed by atoms with Gasteiger partial charge in [0, 0.05) is 43.1 Å². The topological polar surface area (TPSA) is 80.0 Å². The van der Waals surface area contributed by atoms with Gasteiger partial charge in [-0.1, -0.05) is 25.3 Å². The minimum absolute atomic E-state index is 0.153. The molecule has 1 heterocycles. The Morgan fingerprint density at radius 2 is 1.94 bits per heavy atom. The lowest BCUT2D eigenvalue weighted by molar-refractivity contribution is -0.0498. The van der Waals surface area contributed by atoms with Crippen molar-refractivity contribution in [1.29, 1.82) is 5.26 Å². The molecule has 2 aromatic rings. The maximum Gasteiger partial charge on any atom is 0.387 e. The first kappa shape index (κ1) is 28.7. The molecule has 0 N–H and O–H groups in total. The Morgan fingerprint density at radius 1 is 1.25 bits per heavy atom. The van der Waals surface area contributed by atoms with E-state index in [2.05, 4.69) is 43.3 Å². The maximum atomic E-state index is 12.4. The van der Waals surface area contributed by atoms with Crippen molar-refractivity contribution in [3.05, 3.63) is 66.8 Å². The van der Waals surface area contributed by atoms with Crippen LogP contribution in [0.4, 0.5) is 20.2 Å². The van der Waals surface area contributed by atoms with Gasteiger partial charge in [0.15, 0.2) is 0 Å². The number of aromatic nitrogens is 1. The number of methoxy groups -OCH3 is 1. The Morgan fingerprint density at radius 3 is 2.50 bits per heavy atom. The number of benzene rings is 1. The number of anilines is 2. The molecule has 7 nitrogen and oxygen atoms in total. The largest absolute Gasteiger partial charge is 0.494 e. The summed E-state index contributed by atoms with van der Waals surface area (Å²) in [4.78, 5) is 10.1. The number of aliphatic imine (C=N–C) groups is 1. The fourth-order valence-electron chi connectivity index (χ4n) is 3.73. The summed E-state index contributed by atoms with van der Waals surface area (Å²) >= 11 is 3.46. The Kier molecular flexibility index (Phi) is 12.3. The molecule has 3 rings (SSSR count). The van der Waals surface area contributed by atoms with Gasteiger partial charge in [0.05, 0.1) is 18.9 Å². The second-order valence-corrected chi connectivity index (χ2v) is 7.86. The van der Waals surface area contributed by atoms with Crippen LogP contribution in [0.3, 0.4) is 0 Å². The summed E-state index contributed by atoms with van der Waals surface area (Å²) in [6.45, 7) is 2.30. The Labute approximate surface area is 216 Å². The molecule has 0 spiro atoms. The monoisotopic (exact) mass is 516 g/mol. The molecule has 0 atom stereocenters. The Bertz CT molecular complexity index is 1070. The van der Waals surface area contributed by atoms with E-state index in [1.165, 1.54) is 25.5 Å². The number of rotatable bonds is 9. The van der Waals surface area contributed by atoms with Crippen LogP contribution in [0.2, 0.25) is 0 Å². The minimum atomic E-state index is -2.82. The van der Waals surface area contributed by atoms with Crippen LogP contribution in [0.1, 0.15) is 39.0 Å². The Hall–Kier alpha value is -3.58. The minimum Gasteiger partial charge on any atom is -0.494 e. The number of alkyl halides is 2. The highest BCUT2D eigenvalue weighted by Crippen LogP contribution is 2.39. The van der Waals surface area contributed by atoms with Crippen LogP contribution in [0, 0.1) is 11.3 Å². The molecular weight excluding hydrogens is 486 g/mol. The molecule has 0 bridgehead atoms. The summed E-state index contributed by atoms with van der Waals surface area (Å²) in [6.07, 6.45) is 12.2. The van der Waals surface area contributed by atoms with Crippen LogP contribution in [-0.2, 0) is 4.18 Å². The third kappa shape index (κ3) is 8.89. The zero-order valence-electron chi connectivity index (χ0n) is 20.3. The normalized spacial score (nSPS) is 14.0. The first-order chi connectivity index (χ1) is 17.4. The van der Waals surface area contributed by atoms with E-state index >= 15 is 0 Å². The number of hydrogen-bond acceptors (Lipinski definition) is 8. The zero-order chi connectivity index (χ0) is 26.3. The number of ether oxygens (including phenoxy) is 2. The predicted octanol–water partition coefficient (Wildman–Crippen LogP) is 7.02. The second-order valence-electron chi connectivity index (χ2n) is 7.68. The Balaban J connectivity index is 0.000000352. The molecule has 10 heteroatoms. The van der Waals surface area contributed by atoms with Crippen LogP contribution < -0.4 is 14.4 Å². The third-order valence-corrected chi connectivity index (χ3v) is 5.62. The molecule has 1 saturated carbocycles. The number of nitrogens with zero attached hydrogens (tertiary/aromatic N) is 4. The number of allylic oxidation sites excluding steroid dienone is 2. The van der Waals surface area contributed by atoms with E-state index in [4.69, 9.17) is 10.00 Å². The van der Waals surface area contributed by atoms with Gasteiger partial charge in [0.1, 0.15) is 23.3 Å². The smallest absolute Gasteiger partial charge is 0.387 e. The summed E-state index contributed by atoms with van der Waals surface area (Å²) in [7, 11) is 1.64. The molecule has 0 saturated heterocycles. The molecule has 0 amide bonds. The van der Waals surface area contributed by atoms with Gasteiger partial charge in [0.25, 0.3) is 0 Å². The summed E-state index contributed by atoms with van der Waals surface area (Å²) in [5.41, 5.74) is 2.26. The lowest BCUT2D eigenvalue weighted by atomic mass is 9.93. The molecule has 0 unspecified atom stereocenters. The zero-order valence-corrected chi connectivity index (χ0v) is 21.2. The van der Waals surface area contributed by atoms with Gasteiger partial charge < -0.3 is 18.6 Å². The van der Waals surface area contributed by atoms with Gasteiger partial charge in [-0.3, -0.25) is 4.98 Å².